The maximum Gasteiger partial charge on any atom is 0.0594 e. The lowest BCUT2D eigenvalue weighted by molar-refractivity contribution is 0.00597. The van der Waals surface area contributed by atoms with E-state index in [-0.39, 0.29) is 0 Å². The van der Waals surface area contributed by atoms with Gasteiger partial charge in [-0.1, -0.05) is 19.3 Å². The Bertz CT molecular complexity index is 282. The quantitative estimate of drug-likeness (QED) is 0.846. The van der Waals surface area contributed by atoms with E-state index < -0.39 is 0 Å². The van der Waals surface area contributed by atoms with Crippen molar-refractivity contribution in [2.75, 3.05) is 32.8 Å². The Morgan fingerprint density at radius 1 is 1.16 bits per heavy atom. The van der Waals surface area contributed by atoms with Crippen molar-refractivity contribution >= 4 is 0 Å². The van der Waals surface area contributed by atoms with Gasteiger partial charge in [0.25, 0.3) is 0 Å². The number of morpholine rings is 1. The molecule has 0 aromatic heterocycles. The van der Waals surface area contributed by atoms with Gasteiger partial charge in [-0.2, -0.15) is 0 Å². The molecule has 0 amide bonds. The second-order valence-electron chi connectivity index (χ2n) is 6.99. The molecule has 1 heterocycles. The molecule has 110 valence electrons. The highest BCUT2D eigenvalue weighted by molar-refractivity contribution is 5.02. The normalized spacial score (nSPS) is 33.0. The van der Waals surface area contributed by atoms with Gasteiger partial charge in [0.15, 0.2) is 0 Å². The fourth-order valence-electron chi connectivity index (χ4n) is 4.38. The monoisotopic (exact) mass is 266 g/mol. The van der Waals surface area contributed by atoms with Crippen LogP contribution in [0.15, 0.2) is 0 Å². The molecular weight excluding hydrogens is 236 g/mol. The highest BCUT2D eigenvalue weighted by Crippen LogP contribution is 2.51. The predicted octanol–water partition coefficient (Wildman–Crippen LogP) is 2.41. The molecule has 3 rings (SSSR count). The lowest BCUT2D eigenvalue weighted by Crippen LogP contribution is -2.58. The second-order valence-corrected chi connectivity index (χ2v) is 6.99. The van der Waals surface area contributed by atoms with Crippen molar-refractivity contribution in [3.63, 3.8) is 0 Å². The van der Waals surface area contributed by atoms with Gasteiger partial charge in [0.05, 0.1) is 13.2 Å². The van der Waals surface area contributed by atoms with Gasteiger partial charge in [0.1, 0.15) is 0 Å². The highest BCUT2D eigenvalue weighted by atomic mass is 16.5. The number of nitrogens with zero attached hydrogens (tertiary/aromatic N) is 1. The van der Waals surface area contributed by atoms with Gasteiger partial charge in [-0.25, -0.2) is 0 Å². The Morgan fingerprint density at radius 2 is 1.89 bits per heavy atom. The van der Waals surface area contributed by atoms with Crippen LogP contribution in [0.25, 0.3) is 0 Å². The van der Waals surface area contributed by atoms with Gasteiger partial charge >= 0.3 is 0 Å². The van der Waals surface area contributed by atoms with Gasteiger partial charge in [-0.3, -0.25) is 4.90 Å². The molecule has 0 aromatic carbocycles. The molecule has 1 N–H and O–H groups in total. The topological polar surface area (TPSA) is 24.5 Å². The van der Waals surface area contributed by atoms with Crippen molar-refractivity contribution in [2.45, 2.75) is 64.0 Å². The van der Waals surface area contributed by atoms with Crippen LogP contribution in [-0.2, 0) is 4.74 Å². The van der Waals surface area contributed by atoms with Crippen LogP contribution in [-0.4, -0.2) is 49.8 Å². The Morgan fingerprint density at radius 3 is 2.53 bits per heavy atom. The van der Waals surface area contributed by atoms with Crippen LogP contribution in [0.3, 0.4) is 0 Å². The molecule has 2 atom stereocenters. The number of hydrogen-bond donors (Lipinski definition) is 1. The molecule has 0 aromatic rings. The van der Waals surface area contributed by atoms with Gasteiger partial charge in [-0.05, 0) is 38.0 Å². The predicted molar refractivity (Wildman–Crippen MR) is 78.4 cm³/mol. The molecule has 2 saturated carbocycles. The number of ether oxygens (including phenoxy) is 1. The first-order valence-corrected chi connectivity index (χ1v) is 8.35. The number of nitrogens with one attached hydrogen (secondary N) is 1. The summed E-state index contributed by atoms with van der Waals surface area (Å²) in [5, 5.41) is 3.94. The lowest BCUT2D eigenvalue weighted by atomic mass is 9.57. The van der Waals surface area contributed by atoms with Gasteiger partial charge < -0.3 is 10.1 Å². The molecule has 0 bridgehead atoms. The van der Waals surface area contributed by atoms with E-state index in [4.69, 9.17) is 4.74 Å². The average molecular weight is 266 g/mol. The summed E-state index contributed by atoms with van der Waals surface area (Å²) < 4.78 is 5.42. The molecule has 3 heteroatoms. The van der Waals surface area contributed by atoms with Crippen LogP contribution in [0.5, 0.6) is 0 Å². The molecule has 1 aliphatic heterocycles. The zero-order chi connectivity index (χ0) is 13.1. The first-order chi connectivity index (χ1) is 9.28. The van der Waals surface area contributed by atoms with Crippen LogP contribution in [0, 0.1) is 5.41 Å². The van der Waals surface area contributed by atoms with E-state index in [1.165, 1.54) is 51.5 Å². The Hall–Kier alpha value is -0.120. The van der Waals surface area contributed by atoms with Crippen LogP contribution in [0.4, 0.5) is 0 Å². The highest BCUT2D eigenvalue weighted by Gasteiger charge is 2.46. The smallest absolute Gasteiger partial charge is 0.0594 e. The zero-order valence-electron chi connectivity index (χ0n) is 12.5. The lowest BCUT2D eigenvalue weighted by Gasteiger charge is -2.53. The van der Waals surface area contributed by atoms with Crippen molar-refractivity contribution in [1.82, 2.24) is 10.2 Å². The minimum Gasteiger partial charge on any atom is -0.379 e. The SMILES string of the molecule is CC(CN1CCOCC1)NC1CCC12CCCCC2. The van der Waals surface area contributed by atoms with E-state index in [1.54, 1.807) is 0 Å². The number of hydrogen-bond acceptors (Lipinski definition) is 3. The standard InChI is InChI=1S/C16H30N2O/c1-14(13-18-9-11-19-12-10-18)17-15-5-8-16(15)6-3-2-4-7-16/h14-15,17H,2-13H2,1H3. The molecule has 2 unspecified atom stereocenters. The molecular formula is C16H30N2O. The molecule has 0 radical (unpaired) electrons. The Labute approximate surface area is 118 Å². The summed E-state index contributed by atoms with van der Waals surface area (Å²) >= 11 is 0. The third-order valence-electron chi connectivity index (χ3n) is 5.64. The van der Waals surface area contributed by atoms with E-state index in [1.807, 2.05) is 0 Å². The van der Waals surface area contributed by atoms with E-state index in [0.717, 1.165) is 32.3 Å². The first-order valence-electron chi connectivity index (χ1n) is 8.35. The van der Waals surface area contributed by atoms with Crippen molar-refractivity contribution in [1.29, 1.82) is 0 Å². The first kappa shape index (κ1) is 13.8. The van der Waals surface area contributed by atoms with E-state index in [2.05, 4.69) is 17.1 Å². The van der Waals surface area contributed by atoms with E-state index in [0.29, 0.717) is 11.5 Å². The van der Waals surface area contributed by atoms with Gasteiger partial charge in [-0.15, -0.1) is 0 Å². The Balaban J connectivity index is 1.45. The summed E-state index contributed by atoms with van der Waals surface area (Å²) in [5.41, 5.74) is 0.692. The fourth-order valence-corrected chi connectivity index (χ4v) is 4.38. The molecule has 19 heavy (non-hydrogen) atoms. The molecule has 3 fully saturated rings. The average Bonchev–Trinajstić information content (AvgIpc) is 2.46. The summed E-state index contributed by atoms with van der Waals surface area (Å²) in [5.74, 6) is 0. The fraction of sp³-hybridized carbons (Fsp3) is 1.00. The third kappa shape index (κ3) is 3.14. The van der Waals surface area contributed by atoms with Crippen LogP contribution < -0.4 is 5.32 Å². The van der Waals surface area contributed by atoms with E-state index >= 15 is 0 Å². The van der Waals surface area contributed by atoms with Crippen molar-refractivity contribution < 1.29 is 4.74 Å². The molecule has 1 saturated heterocycles. The van der Waals surface area contributed by atoms with Crippen molar-refractivity contribution in [3.05, 3.63) is 0 Å². The summed E-state index contributed by atoms with van der Waals surface area (Å²) in [6, 6.07) is 1.44. The summed E-state index contributed by atoms with van der Waals surface area (Å²) in [6.45, 7) is 7.62. The minimum atomic E-state index is 0.627. The van der Waals surface area contributed by atoms with Crippen molar-refractivity contribution in [2.24, 2.45) is 5.41 Å². The largest absolute Gasteiger partial charge is 0.379 e. The molecule has 3 aliphatic rings. The van der Waals surface area contributed by atoms with Gasteiger partial charge in [0.2, 0.25) is 0 Å². The molecule has 3 nitrogen and oxygen atoms in total. The minimum absolute atomic E-state index is 0.627. The number of rotatable bonds is 4. The third-order valence-corrected chi connectivity index (χ3v) is 5.64. The van der Waals surface area contributed by atoms with Crippen LogP contribution >= 0.6 is 0 Å². The van der Waals surface area contributed by atoms with Crippen LogP contribution in [0.2, 0.25) is 0 Å². The van der Waals surface area contributed by atoms with Crippen molar-refractivity contribution in [3.8, 4) is 0 Å². The van der Waals surface area contributed by atoms with Crippen LogP contribution in [0.1, 0.15) is 51.9 Å². The molecule has 1 spiro atoms. The second kappa shape index (κ2) is 6.11. The molecule has 2 aliphatic carbocycles. The maximum absolute atomic E-state index is 5.42. The summed E-state index contributed by atoms with van der Waals surface area (Å²) in [7, 11) is 0. The Kier molecular flexibility index (Phi) is 4.45. The van der Waals surface area contributed by atoms with E-state index in [9.17, 15) is 0 Å². The zero-order valence-corrected chi connectivity index (χ0v) is 12.5. The summed E-state index contributed by atoms with van der Waals surface area (Å²) in [4.78, 5) is 2.55. The van der Waals surface area contributed by atoms with Gasteiger partial charge in [0, 0.05) is 31.7 Å². The maximum atomic E-state index is 5.42. The summed E-state index contributed by atoms with van der Waals surface area (Å²) in [6.07, 6.45) is 10.3.